The van der Waals surface area contributed by atoms with Crippen LogP contribution in [0.1, 0.15) is 10.4 Å². The fourth-order valence-electron chi connectivity index (χ4n) is 0.586. The molecular weight excluding hydrogens is 243 g/mol. The maximum Gasteiger partial charge on any atom is 0.335 e. The SMILES string of the molecule is [2H]OC(=O)c1ccc(I)cc1. The molecule has 0 aromatic heterocycles. The van der Waals surface area contributed by atoms with E-state index in [1.807, 2.05) is 0 Å². The van der Waals surface area contributed by atoms with Crippen molar-refractivity contribution in [2.75, 3.05) is 0 Å². The van der Waals surface area contributed by atoms with Crippen molar-refractivity contribution in [3.63, 3.8) is 0 Å². The fraction of sp³-hybridized carbons (Fsp3) is 0. The minimum absolute atomic E-state index is 0.403. The Bertz CT molecular complexity index is 258. The Kier molecular flexibility index (Phi) is 1.85. The molecule has 0 amide bonds. The highest BCUT2D eigenvalue weighted by Gasteiger charge is 1.98. The van der Waals surface area contributed by atoms with Crippen LogP contribution in [0, 0.1) is 3.57 Å². The van der Waals surface area contributed by atoms with Gasteiger partial charge >= 0.3 is 5.97 Å². The molecule has 3 heteroatoms. The molecule has 0 fully saturated rings. The lowest BCUT2D eigenvalue weighted by atomic mass is 10.2. The number of benzene rings is 1. The third-order valence-corrected chi connectivity index (χ3v) is 1.80. The second-order valence-corrected chi connectivity index (χ2v) is 3.04. The molecule has 0 unspecified atom stereocenters. The molecule has 0 saturated heterocycles. The summed E-state index contributed by atoms with van der Waals surface area (Å²) in [5.41, 5.74) is 0.403. The van der Waals surface area contributed by atoms with Crippen molar-refractivity contribution in [2.45, 2.75) is 0 Å². The van der Waals surface area contributed by atoms with Gasteiger partial charge in [-0.15, -0.1) is 0 Å². The van der Waals surface area contributed by atoms with Crippen molar-refractivity contribution in [1.29, 1.82) is 1.43 Å². The van der Waals surface area contributed by atoms with Gasteiger partial charge in [-0.25, -0.2) is 4.79 Å². The van der Waals surface area contributed by atoms with Crippen LogP contribution in [0.5, 0.6) is 0 Å². The predicted octanol–water partition coefficient (Wildman–Crippen LogP) is 1.99. The van der Waals surface area contributed by atoms with Gasteiger partial charge in [0.2, 0.25) is 0 Å². The molecule has 0 radical (unpaired) electrons. The number of carboxylic acids is 1. The largest absolute Gasteiger partial charge is 0.478 e. The molecule has 2 nitrogen and oxygen atoms in total. The van der Waals surface area contributed by atoms with Gasteiger partial charge in [0.1, 0.15) is 0 Å². The Hall–Kier alpha value is -0.580. The van der Waals surface area contributed by atoms with Crippen LogP contribution < -0.4 is 0 Å². The molecular formula is C7H5IO2. The van der Waals surface area contributed by atoms with E-state index in [2.05, 4.69) is 27.7 Å². The van der Waals surface area contributed by atoms with Crippen LogP contribution >= 0.6 is 22.6 Å². The number of rotatable bonds is 1. The van der Waals surface area contributed by atoms with Crippen LogP contribution in [-0.4, -0.2) is 11.1 Å². The van der Waals surface area contributed by atoms with E-state index < -0.39 is 5.97 Å². The molecule has 0 atom stereocenters. The molecule has 0 aliphatic heterocycles. The molecule has 1 rings (SSSR count). The second kappa shape index (κ2) is 3.01. The number of hydrogen-bond acceptors (Lipinski definition) is 2. The molecule has 10 heavy (non-hydrogen) atoms. The Morgan fingerprint density at radius 2 is 2.10 bits per heavy atom. The van der Waals surface area contributed by atoms with Gasteiger partial charge in [0, 0.05) is 3.57 Å². The summed E-state index contributed by atoms with van der Waals surface area (Å²) in [7, 11) is 0. The van der Waals surface area contributed by atoms with E-state index in [9.17, 15) is 4.79 Å². The van der Waals surface area contributed by atoms with E-state index in [1.165, 1.54) is 0 Å². The number of carbonyl (C=O) groups is 1. The molecule has 0 spiro atoms. The zero-order chi connectivity index (χ0) is 8.27. The van der Waals surface area contributed by atoms with Gasteiger partial charge in [-0.1, -0.05) is 0 Å². The lowest BCUT2D eigenvalue weighted by molar-refractivity contribution is 0.0697. The zero-order valence-electron chi connectivity index (χ0n) is 6.00. The highest BCUT2D eigenvalue weighted by atomic mass is 127. The van der Waals surface area contributed by atoms with Crippen LogP contribution in [0.15, 0.2) is 24.3 Å². The Labute approximate surface area is 73.5 Å². The highest BCUT2D eigenvalue weighted by Crippen LogP contribution is 2.05. The Morgan fingerprint density at radius 1 is 1.50 bits per heavy atom. The van der Waals surface area contributed by atoms with E-state index in [0.29, 0.717) is 5.56 Å². The Balaban J connectivity index is 2.90. The molecule has 1 N–H and O–H groups in total. The first kappa shape index (κ1) is 6.15. The third kappa shape index (κ3) is 1.70. The number of carboxylic acid groups (broad SMARTS) is 1. The number of hydrogen-bond donors (Lipinski definition) is 1. The summed E-state index contributed by atoms with van der Waals surface area (Å²) in [6.45, 7) is 0. The van der Waals surface area contributed by atoms with E-state index >= 15 is 0 Å². The van der Waals surface area contributed by atoms with Crippen molar-refractivity contribution in [1.82, 2.24) is 0 Å². The first-order chi connectivity index (χ1) is 5.24. The van der Waals surface area contributed by atoms with E-state index in [4.69, 9.17) is 1.43 Å². The summed E-state index contributed by atoms with van der Waals surface area (Å²) in [4.78, 5) is 10.7. The monoisotopic (exact) mass is 249 g/mol. The summed E-state index contributed by atoms with van der Waals surface area (Å²) in [5, 5.41) is 3.78. The van der Waals surface area contributed by atoms with Gasteiger partial charge in [-0.05, 0) is 46.9 Å². The smallest absolute Gasteiger partial charge is 0.335 e. The maximum absolute atomic E-state index is 10.7. The van der Waals surface area contributed by atoms with Gasteiger partial charge < -0.3 is 5.11 Å². The standard InChI is InChI=1S/C7H5IO2/c8-6-3-1-5(2-4-6)7(9)10/h1-4H,(H,9,10)/i/hD. The number of halogens is 1. The lowest BCUT2D eigenvalue weighted by Crippen LogP contribution is -1.94. The summed E-state index contributed by atoms with van der Waals surface area (Å²) in [6.07, 6.45) is 0. The third-order valence-electron chi connectivity index (χ3n) is 1.08. The van der Waals surface area contributed by atoms with Crippen LogP contribution in [0.3, 0.4) is 0 Å². The predicted molar refractivity (Wildman–Crippen MR) is 46.1 cm³/mol. The minimum atomic E-state index is -0.624. The molecule has 0 aliphatic carbocycles. The average molecular weight is 249 g/mol. The summed E-state index contributed by atoms with van der Waals surface area (Å²) >= 11 is 2.13. The normalized spacial score (nSPS) is 10.3. The molecule has 0 aliphatic rings. The molecule has 0 saturated carbocycles. The lowest BCUT2D eigenvalue weighted by Gasteiger charge is -1.91. The highest BCUT2D eigenvalue weighted by molar-refractivity contribution is 14.1. The van der Waals surface area contributed by atoms with Crippen molar-refractivity contribution < 1.29 is 9.90 Å². The van der Waals surface area contributed by atoms with Gasteiger partial charge in [0.25, 0.3) is 1.43 Å². The number of aromatic carboxylic acids is 1. The average Bonchev–Trinajstić information content (AvgIpc) is 2.05. The quantitative estimate of drug-likeness (QED) is 0.772. The summed E-state index contributed by atoms with van der Waals surface area (Å²) < 4.78 is 7.39. The van der Waals surface area contributed by atoms with Crippen molar-refractivity contribution >= 4 is 28.6 Å². The van der Waals surface area contributed by atoms with Crippen molar-refractivity contribution in [2.24, 2.45) is 0 Å². The van der Waals surface area contributed by atoms with E-state index in [1.54, 1.807) is 24.3 Å². The molecule has 1 aromatic rings. The molecule has 0 bridgehead atoms. The maximum atomic E-state index is 10.7. The first-order valence-corrected chi connectivity index (χ1v) is 3.75. The first-order valence-electron chi connectivity index (χ1n) is 3.08. The molecule has 52 valence electrons. The fourth-order valence-corrected chi connectivity index (χ4v) is 0.946. The van der Waals surface area contributed by atoms with Gasteiger partial charge in [0.05, 0.1) is 5.56 Å². The van der Waals surface area contributed by atoms with Crippen molar-refractivity contribution in [3.8, 4) is 0 Å². The van der Waals surface area contributed by atoms with Crippen molar-refractivity contribution in [3.05, 3.63) is 33.4 Å². The van der Waals surface area contributed by atoms with Gasteiger partial charge in [-0.3, -0.25) is 0 Å². The second-order valence-electron chi connectivity index (χ2n) is 1.79. The van der Waals surface area contributed by atoms with E-state index in [0.717, 1.165) is 3.57 Å². The van der Waals surface area contributed by atoms with Gasteiger partial charge in [-0.2, -0.15) is 0 Å². The molecule has 1 aromatic carbocycles. The summed E-state index contributed by atoms with van der Waals surface area (Å²) in [6, 6.07) is 6.82. The van der Waals surface area contributed by atoms with Crippen LogP contribution in [0.4, 0.5) is 0 Å². The zero-order valence-corrected chi connectivity index (χ0v) is 7.16. The van der Waals surface area contributed by atoms with Crippen LogP contribution in [0.25, 0.3) is 1.43 Å². The molecule has 0 heterocycles. The topological polar surface area (TPSA) is 37.3 Å². The summed E-state index contributed by atoms with van der Waals surface area (Å²) in [5.74, 6) is -0.624. The van der Waals surface area contributed by atoms with Crippen LogP contribution in [-0.2, 0) is 0 Å². The van der Waals surface area contributed by atoms with Gasteiger partial charge in [0.15, 0.2) is 0 Å². The Morgan fingerprint density at radius 3 is 2.60 bits per heavy atom. The van der Waals surface area contributed by atoms with Crippen LogP contribution in [0.2, 0.25) is 0 Å². The van der Waals surface area contributed by atoms with E-state index in [-0.39, 0.29) is 0 Å². The minimum Gasteiger partial charge on any atom is -0.478 e.